The van der Waals surface area contributed by atoms with Crippen molar-refractivity contribution in [3.05, 3.63) is 34.4 Å². The number of carbonyl (C=O) groups is 2. The highest BCUT2D eigenvalue weighted by Crippen LogP contribution is 2.23. The van der Waals surface area contributed by atoms with E-state index in [9.17, 15) is 19.7 Å². The van der Waals surface area contributed by atoms with Crippen LogP contribution in [0.4, 0.5) is 11.4 Å². The third kappa shape index (κ3) is 4.34. The SMILES string of the molecule is CCCC(=O)O[C@H](C)C(=O)Nc1ccccc1[N+](=O)[O-]. The molecule has 20 heavy (non-hydrogen) atoms. The van der Waals surface area contributed by atoms with Crippen LogP contribution in [0.15, 0.2) is 24.3 Å². The number of esters is 1. The molecule has 0 unspecified atom stereocenters. The third-order valence-electron chi connectivity index (χ3n) is 2.49. The summed E-state index contributed by atoms with van der Waals surface area (Å²) in [6, 6.07) is 5.76. The molecule has 0 aromatic heterocycles. The summed E-state index contributed by atoms with van der Waals surface area (Å²) in [5.74, 6) is -1.08. The Hall–Kier alpha value is -2.44. The van der Waals surface area contributed by atoms with Gasteiger partial charge in [-0.05, 0) is 19.4 Å². The molecule has 0 saturated carbocycles. The van der Waals surface area contributed by atoms with E-state index in [2.05, 4.69) is 5.32 Å². The third-order valence-corrected chi connectivity index (χ3v) is 2.49. The fraction of sp³-hybridized carbons (Fsp3) is 0.385. The lowest BCUT2D eigenvalue weighted by molar-refractivity contribution is -0.383. The maximum Gasteiger partial charge on any atom is 0.306 e. The second-order valence-corrected chi connectivity index (χ2v) is 4.15. The quantitative estimate of drug-likeness (QED) is 0.489. The number of amides is 1. The van der Waals surface area contributed by atoms with Crippen LogP contribution in [0.1, 0.15) is 26.7 Å². The Labute approximate surface area is 116 Å². The van der Waals surface area contributed by atoms with Gasteiger partial charge in [-0.1, -0.05) is 19.1 Å². The number of nitrogens with one attached hydrogen (secondary N) is 1. The lowest BCUT2D eigenvalue weighted by atomic mass is 10.2. The first-order valence-electron chi connectivity index (χ1n) is 6.19. The van der Waals surface area contributed by atoms with E-state index in [0.29, 0.717) is 6.42 Å². The van der Waals surface area contributed by atoms with Gasteiger partial charge in [0, 0.05) is 12.5 Å². The summed E-state index contributed by atoms with van der Waals surface area (Å²) in [7, 11) is 0. The van der Waals surface area contributed by atoms with Crippen LogP contribution in [0.3, 0.4) is 0 Å². The number of hydrogen-bond donors (Lipinski definition) is 1. The predicted octanol–water partition coefficient (Wildman–Crippen LogP) is 2.27. The van der Waals surface area contributed by atoms with Crippen molar-refractivity contribution in [3.8, 4) is 0 Å². The van der Waals surface area contributed by atoms with E-state index in [1.165, 1.54) is 25.1 Å². The molecule has 1 rings (SSSR count). The molecule has 0 aliphatic heterocycles. The molecule has 1 amide bonds. The van der Waals surface area contributed by atoms with Crippen LogP contribution >= 0.6 is 0 Å². The van der Waals surface area contributed by atoms with Crippen molar-refractivity contribution < 1.29 is 19.2 Å². The first kappa shape index (κ1) is 15.6. The Morgan fingerprint density at radius 3 is 2.65 bits per heavy atom. The minimum absolute atomic E-state index is 0.0703. The summed E-state index contributed by atoms with van der Waals surface area (Å²) in [5, 5.41) is 13.2. The van der Waals surface area contributed by atoms with Crippen molar-refractivity contribution in [2.24, 2.45) is 0 Å². The Morgan fingerprint density at radius 2 is 2.05 bits per heavy atom. The Morgan fingerprint density at radius 1 is 1.40 bits per heavy atom. The van der Waals surface area contributed by atoms with E-state index in [1.54, 1.807) is 6.07 Å². The topological polar surface area (TPSA) is 98.5 Å². The Balaban J connectivity index is 2.71. The highest BCUT2D eigenvalue weighted by atomic mass is 16.6. The lowest BCUT2D eigenvalue weighted by Crippen LogP contribution is -2.30. The maximum absolute atomic E-state index is 11.8. The number of benzene rings is 1. The minimum atomic E-state index is -1.01. The average Bonchev–Trinajstić information content (AvgIpc) is 2.39. The molecule has 7 nitrogen and oxygen atoms in total. The van der Waals surface area contributed by atoms with Crippen molar-refractivity contribution in [1.29, 1.82) is 0 Å². The molecule has 0 saturated heterocycles. The molecular formula is C13H16N2O5. The van der Waals surface area contributed by atoms with Crippen LogP contribution in [-0.4, -0.2) is 22.9 Å². The zero-order valence-electron chi connectivity index (χ0n) is 11.3. The van der Waals surface area contributed by atoms with Crippen molar-refractivity contribution in [2.75, 3.05) is 5.32 Å². The van der Waals surface area contributed by atoms with Crippen LogP contribution in [-0.2, 0) is 14.3 Å². The molecule has 1 atom stereocenters. The zero-order chi connectivity index (χ0) is 15.1. The van der Waals surface area contributed by atoms with E-state index < -0.39 is 22.9 Å². The van der Waals surface area contributed by atoms with E-state index >= 15 is 0 Å². The number of nitrogens with zero attached hydrogens (tertiary/aromatic N) is 1. The van der Waals surface area contributed by atoms with Crippen molar-refractivity contribution in [1.82, 2.24) is 0 Å². The highest BCUT2D eigenvalue weighted by molar-refractivity contribution is 5.96. The molecule has 1 aromatic carbocycles. The smallest absolute Gasteiger partial charge is 0.306 e. The average molecular weight is 280 g/mol. The molecule has 108 valence electrons. The first-order chi connectivity index (χ1) is 9.45. The summed E-state index contributed by atoms with van der Waals surface area (Å²) < 4.78 is 4.90. The van der Waals surface area contributed by atoms with E-state index in [0.717, 1.165) is 0 Å². The number of rotatable bonds is 6. The number of ether oxygens (including phenoxy) is 1. The normalized spacial score (nSPS) is 11.5. The molecule has 0 fully saturated rings. The van der Waals surface area contributed by atoms with Gasteiger partial charge in [-0.15, -0.1) is 0 Å². The summed E-state index contributed by atoms with van der Waals surface area (Å²) in [4.78, 5) is 33.3. The van der Waals surface area contributed by atoms with Crippen molar-refractivity contribution in [2.45, 2.75) is 32.8 Å². The van der Waals surface area contributed by atoms with Gasteiger partial charge in [0.15, 0.2) is 6.10 Å². The van der Waals surface area contributed by atoms with Crippen LogP contribution in [0.5, 0.6) is 0 Å². The number of carbonyl (C=O) groups excluding carboxylic acids is 2. The van der Waals surface area contributed by atoms with Crippen LogP contribution in [0.25, 0.3) is 0 Å². The van der Waals surface area contributed by atoms with E-state index in [-0.39, 0.29) is 17.8 Å². The molecule has 0 aliphatic rings. The molecule has 1 aromatic rings. The van der Waals surface area contributed by atoms with Crippen molar-refractivity contribution in [3.63, 3.8) is 0 Å². The highest BCUT2D eigenvalue weighted by Gasteiger charge is 2.21. The first-order valence-corrected chi connectivity index (χ1v) is 6.19. The van der Waals surface area contributed by atoms with Gasteiger partial charge < -0.3 is 10.1 Å². The standard InChI is InChI=1S/C13H16N2O5/c1-3-6-12(16)20-9(2)13(17)14-10-7-4-5-8-11(10)15(18)19/h4-5,7-9H,3,6H2,1-2H3,(H,14,17)/t9-/m1/s1. The van der Waals surface area contributed by atoms with Gasteiger partial charge >= 0.3 is 5.97 Å². The largest absolute Gasteiger partial charge is 0.453 e. The Kier molecular flexibility index (Phi) is 5.64. The molecule has 7 heteroatoms. The van der Waals surface area contributed by atoms with Gasteiger partial charge in [0.1, 0.15) is 5.69 Å². The van der Waals surface area contributed by atoms with Crippen molar-refractivity contribution >= 4 is 23.3 Å². The lowest BCUT2D eigenvalue weighted by Gasteiger charge is -2.13. The monoisotopic (exact) mass is 280 g/mol. The van der Waals surface area contributed by atoms with Gasteiger partial charge in [0.25, 0.3) is 11.6 Å². The molecule has 0 bridgehead atoms. The number of anilines is 1. The molecule has 0 spiro atoms. The summed E-state index contributed by atoms with van der Waals surface area (Å²) in [6.07, 6.45) is -0.158. The predicted molar refractivity (Wildman–Crippen MR) is 72.2 cm³/mol. The fourth-order valence-electron chi connectivity index (χ4n) is 1.49. The van der Waals surface area contributed by atoms with Gasteiger partial charge in [-0.3, -0.25) is 19.7 Å². The van der Waals surface area contributed by atoms with Crippen LogP contribution in [0.2, 0.25) is 0 Å². The van der Waals surface area contributed by atoms with Gasteiger partial charge in [-0.2, -0.15) is 0 Å². The van der Waals surface area contributed by atoms with Gasteiger partial charge in [-0.25, -0.2) is 0 Å². The number of para-hydroxylation sites is 2. The van der Waals surface area contributed by atoms with E-state index in [1.807, 2.05) is 6.92 Å². The summed E-state index contributed by atoms with van der Waals surface area (Å²) in [5.41, 5.74) is -0.145. The van der Waals surface area contributed by atoms with Crippen LogP contribution < -0.4 is 5.32 Å². The molecule has 0 heterocycles. The number of nitro groups is 1. The second kappa shape index (κ2) is 7.22. The van der Waals surface area contributed by atoms with E-state index in [4.69, 9.17) is 4.74 Å². The van der Waals surface area contributed by atoms with Crippen LogP contribution in [0, 0.1) is 10.1 Å². The molecular weight excluding hydrogens is 264 g/mol. The second-order valence-electron chi connectivity index (χ2n) is 4.15. The maximum atomic E-state index is 11.8. The fourth-order valence-corrected chi connectivity index (χ4v) is 1.49. The molecule has 1 N–H and O–H groups in total. The Bertz CT molecular complexity index is 515. The number of nitro benzene ring substituents is 1. The molecule has 0 aliphatic carbocycles. The minimum Gasteiger partial charge on any atom is -0.453 e. The summed E-state index contributed by atoms with van der Waals surface area (Å²) >= 11 is 0. The molecule has 0 radical (unpaired) electrons. The zero-order valence-corrected chi connectivity index (χ0v) is 11.3. The van der Waals surface area contributed by atoms with Gasteiger partial charge in [0.2, 0.25) is 0 Å². The summed E-state index contributed by atoms with van der Waals surface area (Å²) in [6.45, 7) is 3.23. The van der Waals surface area contributed by atoms with Gasteiger partial charge in [0.05, 0.1) is 4.92 Å². The number of hydrogen-bond acceptors (Lipinski definition) is 5.